The number of aliphatic hydroxyl groups is 1. The summed E-state index contributed by atoms with van der Waals surface area (Å²) in [6.45, 7) is 1.33. The van der Waals surface area contributed by atoms with Crippen LogP contribution in [0.15, 0.2) is 54.6 Å². The van der Waals surface area contributed by atoms with Gasteiger partial charge in [-0.05, 0) is 30.2 Å². The van der Waals surface area contributed by atoms with E-state index in [1.165, 1.54) is 0 Å². The molecular weight excluding hydrogens is 361 g/mol. The molecule has 0 fully saturated rings. The lowest BCUT2D eigenvalue weighted by atomic mass is 10.1. The quantitative estimate of drug-likeness (QED) is 0.199. The minimum atomic E-state index is -4.58. The standard InChI is InChI=1S/C17H20NO7P/c1-2-23-16(19)12-18-17(20)26(21,22)25-24-15-10-8-14(9-11-15)13-6-4-3-5-7-13/h3-11,17-18,20H,2,12H2,1H3,(H,21,22). The zero-order valence-electron chi connectivity index (χ0n) is 14.1. The number of hydrogen-bond acceptors (Lipinski definition) is 7. The van der Waals surface area contributed by atoms with Crippen LogP contribution < -0.4 is 10.2 Å². The largest absolute Gasteiger partial charge is 0.465 e. The van der Waals surface area contributed by atoms with Gasteiger partial charge >= 0.3 is 13.6 Å². The minimum Gasteiger partial charge on any atom is -0.465 e. The highest BCUT2D eigenvalue weighted by Crippen LogP contribution is 2.45. The average molecular weight is 381 g/mol. The van der Waals surface area contributed by atoms with E-state index < -0.39 is 26.1 Å². The van der Waals surface area contributed by atoms with Gasteiger partial charge in [-0.15, -0.1) is 0 Å². The van der Waals surface area contributed by atoms with Gasteiger partial charge in [-0.25, -0.2) is 0 Å². The van der Waals surface area contributed by atoms with Crippen LogP contribution in [0.1, 0.15) is 6.92 Å². The molecule has 0 aliphatic heterocycles. The Morgan fingerprint density at radius 1 is 1.12 bits per heavy atom. The van der Waals surface area contributed by atoms with Crippen LogP contribution in [0.25, 0.3) is 11.1 Å². The molecule has 8 nitrogen and oxygen atoms in total. The summed E-state index contributed by atoms with van der Waals surface area (Å²) in [5, 5.41) is 11.8. The van der Waals surface area contributed by atoms with Gasteiger partial charge in [-0.1, -0.05) is 47.1 Å². The van der Waals surface area contributed by atoms with Gasteiger partial charge < -0.3 is 19.6 Å². The summed E-state index contributed by atoms with van der Waals surface area (Å²) < 4.78 is 21.0. The molecule has 2 atom stereocenters. The van der Waals surface area contributed by atoms with E-state index in [4.69, 9.17) is 4.89 Å². The third kappa shape index (κ3) is 5.94. The van der Waals surface area contributed by atoms with Gasteiger partial charge in [0.15, 0.2) is 5.75 Å². The average Bonchev–Trinajstić information content (AvgIpc) is 2.66. The molecule has 26 heavy (non-hydrogen) atoms. The Bertz CT molecular complexity index is 751. The molecule has 0 radical (unpaired) electrons. The molecule has 0 heterocycles. The van der Waals surface area contributed by atoms with Gasteiger partial charge in [-0.3, -0.25) is 14.7 Å². The Balaban J connectivity index is 1.88. The Morgan fingerprint density at radius 3 is 2.35 bits per heavy atom. The Kier molecular flexibility index (Phi) is 7.32. The molecule has 0 amide bonds. The van der Waals surface area contributed by atoms with E-state index in [1.54, 1.807) is 31.2 Å². The van der Waals surface area contributed by atoms with Crippen molar-refractivity contribution in [3.8, 4) is 16.9 Å². The highest BCUT2D eigenvalue weighted by atomic mass is 31.2. The Labute approximate surface area is 150 Å². The fourth-order valence-corrected chi connectivity index (χ4v) is 2.57. The van der Waals surface area contributed by atoms with Crippen molar-refractivity contribution < 1.29 is 33.7 Å². The second-order valence-electron chi connectivity index (χ2n) is 5.17. The normalized spacial score (nSPS) is 14.3. The molecule has 2 aromatic rings. The van der Waals surface area contributed by atoms with Crippen LogP contribution in [0.4, 0.5) is 0 Å². The second kappa shape index (κ2) is 9.47. The molecule has 0 spiro atoms. The molecule has 0 saturated carbocycles. The molecule has 9 heteroatoms. The summed E-state index contributed by atoms with van der Waals surface area (Å²) in [5.74, 6) is -2.50. The van der Waals surface area contributed by atoms with Crippen molar-refractivity contribution >= 4 is 13.6 Å². The first-order valence-electron chi connectivity index (χ1n) is 7.83. The summed E-state index contributed by atoms with van der Waals surface area (Å²) >= 11 is 0. The molecule has 0 aliphatic carbocycles. The van der Waals surface area contributed by atoms with Crippen LogP contribution >= 0.6 is 7.60 Å². The van der Waals surface area contributed by atoms with Gasteiger partial charge in [0.25, 0.3) is 0 Å². The van der Waals surface area contributed by atoms with E-state index in [1.807, 2.05) is 30.3 Å². The number of esters is 1. The first kappa shape index (κ1) is 20.1. The number of carbonyl (C=O) groups excluding carboxylic acids is 1. The van der Waals surface area contributed by atoms with E-state index in [2.05, 4.69) is 14.7 Å². The number of benzene rings is 2. The van der Waals surface area contributed by atoms with Gasteiger partial charge in [0.05, 0.1) is 13.2 Å². The molecule has 140 valence electrons. The van der Waals surface area contributed by atoms with Crippen LogP contribution in [-0.4, -0.2) is 35.1 Å². The minimum absolute atomic E-state index is 0.159. The molecule has 2 rings (SSSR count). The highest BCUT2D eigenvalue weighted by Gasteiger charge is 2.33. The topological polar surface area (TPSA) is 114 Å². The van der Waals surface area contributed by atoms with Crippen LogP contribution in [0.2, 0.25) is 0 Å². The monoisotopic (exact) mass is 381 g/mol. The second-order valence-corrected chi connectivity index (χ2v) is 6.94. The van der Waals surface area contributed by atoms with Crippen molar-refractivity contribution in [1.29, 1.82) is 0 Å². The Morgan fingerprint density at radius 2 is 1.73 bits per heavy atom. The summed E-state index contributed by atoms with van der Waals surface area (Å²) in [6.07, 6.45) is 0. The predicted octanol–water partition coefficient (Wildman–Crippen LogP) is 2.28. The van der Waals surface area contributed by atoms with Gasteiger partial charge in [0.1, 0.15) is 0 Å². The van der Waals surface area contributed by atoms with Crippen molar-refractivity contribution in [1.82, 2.24) is 5.32 Å². The van der Waals surface area contributed by atoms with E-state index >= 15 is 0 Å². The third-order valence-corrected chi connectivity index (χ3v) is 4.33. The van der Waals surface area contributed by atoms with E-state index in [0.29, 0.717) is 0 Å². The maximum atomic E-state index is 11.9. The van der Waals surface area contributed by atoms with Crippen molar-refractivity contribution in [2.24, 2.45) is 0 Å². The van der Waals surface area contributed by atoms with Gasteiger partial charge in [0, 0.05) is 0 Å². The van der Waals surface area contributed by atoms with Gasteiger partial charge in [0.2, 0.25) is 5.97 Å². The highest BCUT2D eigenvalue weighted by molar-refractivity contribution is 7.53. The lowest BCUT2D eigenvalue weighted by Gasteiger charge is -2.17. The van der Waals surface area contributed by atoms with Crippen molar-refractivity contribution in [3.05, 3.63) is 54.6 Å². The SMILES string of the molecule is CCOC(=O)CNC(O)P(=O)(O)OOc1ccc(-c2ccccc2)cc1. The maximum Gasteiger partial charge on any atom is 0.408 e. The molecule has 3 N–H and O–H groups in total. The lowest BCUT2D eigenvalue weighted by molar-refractivity contribution is -0.142. The number of ether oxygens (including phenoxy) is 1. The van der Waals surface area contributed by atoms with Crippen molar-refractivity contribution in [3.63, 3.8) is 0 Å². The summed E-state index contributed by atoms with van der Waals surface area (Å²) in [6, 6.07) is 16.2. The summed E-state index contributed by atoms with van der Waals surface area (Å²) in [7, 11) is -4.58. The Hall–Kier alpha value is -2.22. The molecule has 0 bridgehead atoms. The van der Waals surface area contributed by atoms with Crippen LogP contribution in [0.5, 0.6) is 5.75 Å². The van der Waals surface area contributed by atoms with Gasteiger partial charge in [-0.2, -0.15) is 0 Å². The molecule has 0 saturated heterocycles. The first-order valence-corrected chi connectivity index (χ1v) is 9.48. The molecule has 2 aromatic carbocycles. The van der Waals surface area contributed by atoms with Crippen molar-refractivity contribution in [2.45, 2.75) is 12.9 Å². The summed E-state index contributed by atoms with van der Waals surface area (Å²) in [5.41, 5.74) is 1.94. The van der Waals surface area contributed by atoms with Crippen molar-refractivity contribution in [2.75, 3.05) is 13.2 Å². The van der Waals surface area contributed by atoms with E-state index in [0.717, 1.165) is 11.1 Å². The fourth-order valence-electron chi connectivity index (χ4n) is 1.97. The number of aliphatic hydroxyl groups excluding tert-OH is 1. The predicted molar refractivity (Wildman–Crippen MR) is 94.1 cm³/mol. The number of rotatable bonds is 9. The zero-order valence-corrected chi connectivity index (χ0v) is 15.0. The molecule has 0 aromatic heterocycles. The summed E-state index contributed by atoms with van der Waals surface area (Å²) in [4.78, 5) is 25.6. The van der Waals surface area contributed by atoms with Crippen LogP contribution in [0, 0.1) is 0 Å². The van der Waals surface area contributed by atoms with Crippen LogP contribution in [0.3, 0.4) is 0 Å². The lowest BCUT2D eigenvalue weighted by Crippen LogP contribution is -2.34. The fraction of sp³-hybridized carbons (Fsp3) is 0.235. The smallest absolute Gasteiger partial charge is 0.408 e. The first-order chi connectivity index (χ1) is 12.4. The zero-order chi connectivity index (χ0) is 19.0. The number of carbonyl (C=O) groups is 1. The molecule has 2 unspecified atom stereocenters. The molecular formula is C17H20NO7P. The number of hydrogen-bond donors (Lipinski definition) is 3. The third-order valence-electron chi connectivity index (χ3n) is 3.25. The van der Waals surface area contributed by atoms with E-state index in [9.17, 15) is 19.4 Å². The maximum absolute atomic E-state index is 11.9. The van der Waals surface area contributed by atoms with E-state index in [-0.39, 0.29) is 12.4 Å². The van der Waals surface area contributed by atoms with Crippen LogP contribution in [-0.2, 0) is 18.8 Å². The number of nitrogens with one attached hydrogen (secondary N) is 1. The molecule has 0 aliphatic rings.